The Morgan fingerprint density at radius 3 is 2.15 bits per heavy atom. The monoisotopic (exact) mass is 204 g/mol. The van der Waals surface area contributed by atoms with E-state index in [-0.39, 0.29) is 12.0 Å². The molecule has 0 unspecified atom stereocenters. The average Bonchev–Trinajstić information content (AvgIpc) is 2.02. The first-order valence-corrected chi connectivity index (χ1v) is 4.69. The highest BCUT2D eigenvalue weighted by molar-refractivity contribution is 7.80. The lowest BCUT2D eigenvalue weighted by Crippen LogP contribution is -2.50. The number of hydrogen-bond donors (Lipinski definition) is 4. The lowest BCUT2D eigenvalue weighted by molar-refractivity contribution is 0.385. The summed E-state index contributed by atoms with van der Waals surface area (Å²) < 4.78 is 0. The summed E-state index contributed by atoms with van der Waals surface area (Å²) in [5, 5.41) is 20.3. The zero-order chi connectivity index (χ0) is 10.6. The van der Waals surface area contributed by atoms with Gasteiger partial charge in [0.25, 0.3) is 0 Å². The van der Waals surface area contributed by atoms with Crippen LogP contribution in [-0.4, -0.2) is 34.1 Å². The maximum absolute atomic E-state index is 8.78. The Labute approximate surface area is 84.7 Å². The number of hydrogen-bond acceptors (Lipinski definition) is 4. The molecule has 0 saturated carbocycles. The van der Waals surface area contributed by atoms with Gasteiger partial charge in [0.2, 0.25) is 0 Å². The Balaban J connectivity index is 4.00. The minimum atomic E-state index is -1.42. The minimum Gasteiger partial charge on any atom is -0.426 e. The molecular weight excluding hydrogens is 187 g/mol. The Morgan fingerprint density at radius 1 is 1.38 bits per heavy atom. The summed E-state index contributed by atoms with van der Waals surface area (Å²) in [6.45, 7) is 5.54. The van der Waals surface area contributed by atoms with Crippen LogP contribution in [0.15, 0.2) is 0 Å². The highest BCUT2D eigenvalue weighted by Crippen LogP contribution is 2.00. The molecule has 0 aliphatic rings. The van der Waals surface area contributed by atoms with E-state index in [1.165, 1.54) is 0 Å². The van der Waals surface area contributed by atoms with Crippen molar-refractivity contribution >= 4 is 24.3 Å². The van der Waals surface area contributed by atoms with Crippen LogP contribution in [0.5, 0.6) is 0 Å². The van der Waals surface area contributed by atoms with Crippen molar-refractivity contribution in [1.29, 1.82) is 0 Å². The summed E-state index contributed by atoms with van der Waals surface area (Å²) in [6, 6.07) is -0.240. The van der Waals surface area contributed by atoms with E-state index in [9.17, 15) is 0 Å². The second-order valence-electron chi connectivity index (χ2n) is 3.48. The van der Waals surface area contributed by atoms with E-state index in [0.717, 1.165) is 0 Å². The van der Waals surface area contributed by atoms with E-state index >= 15 is 0 Å². The van der Waals surface area contributed by atoms with Gasteiger partial charge in [-0.25, -0.2) is 0 Å². The van der Waals surface area contributed by atoms with Gasteiger partial charge in [-0.1, -0.05) is 26.1 Å². The maximum atomic E-state index is 8.78. The van der Waals surface area contributed by atoms with E-state index in [2.05, 4.69) is 5.32 Å². The summed E-state index contributed by atoms with van der Waals surface area (Å²) >= 11 is 4.99. The molecule has 0 aromatic rings. The van der Waals surface area contributed by atoms with Crippen LogP contribution >= 0.6 is 12.2 Å². The van der Waals surface area contributed by atoms with Gasteiger partial charge in [0, 0.05) is 0 Å². The van der Waals surface area contributed by atoms with Gasteiger partial charge in [-0.15, -0.1) is 0 Å². The van der Waals surface area contributed by atoms with Gasteiger partial charge in [0.05, 0.1) is 17.0 Å². The summed E-state index contributed by atoms with van der Waals surface area (Å²) in [5.41, 5.74) is 5.74. The van der Waals surface area contributed by atoms with Gasteiger partial charge in [-0.05, 0) is 12.8 Å². The van der Waals surface area contributed by atoms with Crippen molar-refractivity contribution in [2.75, 3.05) is 0 Å². The predicted molar refractivity (Wildman–Crippen MR) is 58.2 cm³/mol. The van der Waals surface area contributed by atoms with E-state index in [0.29, 0.717) is 4.99 Å². The molecule has 76 valence electrons. The number of nitrogens with two attached hydrogens (primary N) is 1. The molecule has 0 amide bonds. The smallest absolute Gasteiger partial charge is 0.426 e. The lowest BCUT2D eigenvalue weighted by atomic mass is 9.81. The molecule has 13 heavy (non-hydrogen) atoms. The van der Waals surface area contributed by atoms with Gasteiger partial charge < -0.3 is 21.1 Å². The van der Waals surface area contributed by atoms with Crippen molar-refractivity contribution in [3.63, 3.8) is 0 Å². The topological polar surface area (TPSA) is 78.5 Å². The fraction of sp³-hybridized carbons (Fsp3) is 0.857. The van der Waals surface area contributed by atoms with E-state index in [1.807, 2.05) is 13.8 Å². The molecular formula is C7H17BN2O2S. The molecule has 6 heteroatoms. The van der Waals surface area contributed by atoms with Crippen LogP contribution in [0.1, 0.15) is 20.8 Å². The minimum absolute atomic E-state index is 0.239. The van der Waals surface area contributed by atoms with E-state index < -0.39 is 13.1 Å². The second-order valence-corrected chi connectivity index (χ2v) is 3.92. The van der Waals surface area contributed by atoms with Gasteiger partial charge in [-0.3, -0.25) is 0 Å². The maximum Gasteiger partial charge on any atom is 0.475 e. The summed E-state index contributed by atoms with van der Waals surface area (Å²) in [6.07, 6.45) is 0. The highest BCUT2D eigenvalue weighted by atomic mass is 32.1. The molecule has 0 heterocycles. The van der Waals surface area contributed by atoms with Crippen molar-refractivity contribution in [2.45, 2.75) is 32.8 Å². The molecule has 0 bridgehead atoms. The fourth-order valence-corrected chi connectivity index (χ4v) is 1.16. The fourth-order valence-electron chi connectivity index (χ4n) is 0.698. The first-order valence-electron chi connectivity index (χ1n) is 4.28. The van der Waals surface area contributed by atoms with Gasteiger partial charge in [-0.2, -0.15) is 0 Å². The van der Waals surface area contributed by atoms with E-state index in [1.54, 1.807) is 6.92 Å². The predicted octanol–water partition coefficient (Wildman–Crippen LogP) is -0.713. The van der Waals surface area contributed by atoms with E-state index in [4.69, 9.17) is 28.0 Å². The first-order chi connectivity index (χ1) is 5.86. The van der Waals surface area contributed by atoms with Crippen molar-refractivity contribution in [1.82, 2.24) is 5.32 Å². The SMILES string of the molecule is CC(C)[C@H](N)C(=S)N[C@H](C)B(O)O. The highest BCUT2D eigenvalue weighted by Gasteiger charge is 2.21. The molecule has 0 aliphatic carbocycles. The quantitative estimate of drug-likeness (QED) is 0.359. The molecule has 0 aromatic heterocycles. The summed E-state index contributed by atoms with van der Waals surface area (Å²) in [7, 11) is -1.42. The molecule has 0 rings (SSSR count). The third-order valence-corrected chi connectivity index (χ3v) is 2.23. The molecule has 0 aliphatic heterocycles. The molecule has 0 spiro atoms. The Morgan fingerprint density at radius 2 is 1.85 bits per heavy atom. The number of nitrogens with one attached hydrogen (secondary N) is 1. The van der Waals surface area contributed by atoms with Gasteiger partial charge >= 0.3 is 7.12 Å². The molecule has 5 N–H and O–H groups in total. The third kappa shape index (κ3) is 4.57. The van der Waals surface area contributed by atoms with Crippen molar-refractivity contribution in [2.24, 2.45) is 11.7 Å². The summed E-state index contributed by atoms with van der Waals surface area (Å²) in [5.74, 6) is -0.250. The van der Waals surface area contributed by atoms with Crippen LogP contribution in [0.25, 0.3) is 0 Å². The van der Waals surface area contributed by atoms with Crippen LogP contribution < -0.4 is 11.1 Å². The zero-order valence-corrected chi connectivity index (χ0v) is 9.01. The third-order valence-electron chi connectivity index (χ3n) is 1.84. The second kappa shape index (κ2) is 5.54. The van der Waals surface area contributed by atoms with Crippen molar-refractivity contribution < 1.29 is 10.0 Å². The van der Waals surface area contributed by atoms with Gasteiger partial charge in [0.1, 0.15) is 0 Å². The zero-order valence-electron chi connectivity index (χ0n) is 8.19. The standard InChI is InChI=1S/C7H17BN2O2S/c1-4(2)6(9)7(13)10-5(3)8(11)12/h4-6,11-12H,9H2,1-3H3,(H,10,13)/t5-,6+/m1/s1. The molecule has 0 fully saturated rings. The van der Waals surface area contributed by atoms with Crippen LogP contribution in [-0.2, 0) is 0 Å². The molecule has 0 saturated heterocycles. The molecule has 0 radical (unpaired) electrons. The average molecular weight is 204 g/mol. The van der Waals surface area contributed by atoms with Crippen molar-refractivity contribution in [3.8, 4) is 0 Å². The number of thiocarbonyl (C=S) groups is 1. The Bertz CT molecular complexity index is 178. The van der Waals surface area contributed by atoms with Crippen LogP contribution in [0.4, 0.5) is 0 Å². The molecule has 4 nitrogen and oxygen atoms in total. The Hall–Kier alpha value is -0.165. The van der Waals surface area contributed by atoms with Gasteiger partial charge in [0.15, 0.2) is 0 Å². The molecule has 0 aromatic carbocycles. The lowest BCUT2D eigenvalue weighted by Gasteiger charge is -2.21. The van der Waals surface area contributed by atoms with Crippen LogP contribution in [0.2, 0.25) is 0 Å². The van der Waals surface area contributed by atoms with Crippen LogP contribution in [0, 0.1) is 5.92 Å². The molecule has 2 atom stereocenters. The normalized spacial score (nSPS) is 15.3. The Kier molecular flexibility index (Phi) is 5.47. The largest absolute Gasteiger partial charge is 0.475 e. The first kappa shape index (κ1) is 12.8. The summed E-state index contributed by atoms with van der Waals surface area (Å²) in [4.78, 5) is 0.468. The van der Waals surface area contributed by atoms with Crippen molar-refractivity contribution in [3.05, 3.63) is 0 Å². The van der Waals surface area contributed by atoms with Crippen LogP contribution in [0.3, 0.4) is 0 Å². The number of rotatable bonds is 4.